The number of carbonyl (C=O) groups excluding carboxylic acids is 1. The van der Waals surface area contributed by atoms with Crippen LogP contribution in [0.3, 0.4) is 0 Å². The third-order valence-corrected chi connectivity index (χ3v) is 6.42. The van der Waals surface area contributed by atoms with Crippen molar-refractivity contribution in [3.63, 3.8) is 0 Å². The standard InChI is InChI=1S/C26H28N4O2S/c1-5-30-24(15-32-23-11-10-20-8-6-7-9-22(20)19(23)4)28-29-26(30)33-16-25(31)27-21-13-17(2)12-18(3)14-21/h6-14H,5,15-16H2,1-4H3,(H,27,31). The second-order valence-electron chi connectivity index (χ2n) is 8.05. The van der Waals surface area contributed by atoms with Crippen LogP contribution in [0.25, 0.3) is 10.8 Å². The summed E-state index contributed by atoms with van der Waals surface area (Å²) in [5, 5.41) is 14.7. The molecule has 4 aromatic rings. The molecule has 0 bridgehead atoms. The van der Waals surface area contributed by atoms with Gasteiger partial charge in [0.1, 0.15) is 12.4 Å². The van der Waals surface area contributed by atoms with Crippen molar-refractivity contribution in [1.29, 1.82) is 0 Å². The van der Waals surface area contributed by atoms with E-state index in [1.807, 2.05) is 55.7 Å². The van der Waals surface area contributed by atoms with E-state index in [-0.39, 0.29) is 11.7 Å². The van der Waals surface area contributed by atoms with Crippen LogP contribution in [-0.4, -0.2) is 26.4 Å². The number of benzene rings is 3. The maximum Gasteiger partial charge on any atom is 0.234 e. The number of aryl methyl sites for hydroxylation is 3. The number of nitrogens with zero attached hydrogens (tertiary/aromatic N) is 3. The van der Waals surface area contributed by atoms with Crippen LogP contribution in [0.2, 0.25) is 0 Å². The van der Waals surface area contributed by atoms with E-state index in [2.05, 4.69) is 46.7 Å². The molecule has 0 saturated carbocycles. The third kappa shape index (κ3) is 5.37. The summed E-state index contributed by atoms with van der Waals surface area (Å²) in [5.41, 5.74) is 4.16. The average Bonchev–Trinajstić information content (AvgIpc) is 3.18. The van der Waals surface area contributed by atoms with E-state index in [4.69, 9.17) is 4.74 Å². The summed E-state index contributed by atoms with van der Waals surface area (Å²) in [6, 6.07) is 18.3. The topological polar surface area (TPSA) is 69.0 Å². The minimum atomic E-state index is -0.0692. The largest absolute Gasteiger partial charge is 0.485 e. The summed E-state index contributed by atoms with van der Waals surface area (Å²) in [6.45, 7) is 9.15. The Bertz CT molecular complexity index is 1280. The molecule has 0 aliphatic heterocycles. The van der Waals surface area contributed by atoms with Gasteiger partial charge in [-0.25, -0.2) is 0 Å². The van der Waals surface area contributed by atoms with Gasteiger partial charge in [-0.05, 0) is 73.4 Å². The number of aromatic nitrogens is 3. The summed E-state index contributed by atoms with van der Waals surface area (Å²) in [4.78, 5) is 12.5. The van der Waals surface area contributed by atoms with Gasteiger partial charge in [-0.15, -0.1) is 10.2 Å². The van der Waals surface area contributed by atoms with Crippen LogP contribution in [0.5, 0.6) is 5.75 Å². The lowest BCUT2D eigenvalue weighted by molar-refractivity contribution is -0.113. The van der Waals surface area contributed by atoms with Crippen molar-refractivity contribution >= 4 is 34.1 Å². The molecule has 1 heterocycles. The molecule has 6 nitrogen and oxygen atoms in total. The monoisotopic (exact) mass is 460 g/mol. The molecule has 7 heteroatoms. The molecule has 3 aromatic carbocycles. The molecule has 1 N–H and O–H groups in total. The molecule has 0 fully saturated rings. The Morgan fingerprint density at radius 2 is 1.79 bits per heavy atom. The van der Waals surface area contributed by atoms with E-state index >= 15 is 0 Å². The Kier molecular flexibility index (Phi) is 6.99. The van der Waals surface area contributed by atoms with Crippen LogP contribution in [0, 0.1) is 20.8 Å². The zero-order valence-electron chi connectivity index (χ0n) is 19.4. The van der Waals surface area contributed by atoms with Crippen LogP contribution in [0.4, 0.5) is 5.69 Å². The molecule has 0 radical (unpaired) electrons. The number of ether oxygens (including phenoxy) is 1. The summed E-state index contributed by atoms with van der Waals surface area (Å²) in [7, 11) is 0. The van der Waals surface area contributed by atoms with E-state index in [0.29, 0.717) is 18.3 Å². The molecular weight excluding hydrogens is 432 g/mol. The molecule has 33 heavy (non-hydrogen) atoms. The van der Waals surface area contributed by atoms with Crippen molar-refractivity contribution in [1.82, 2.24) is 14.8 Å². The summed E-state index contributed by atoms with van der Waals surface area (Å²) in [5.74, 6) is 1.76. The average molecular weight is 461 g/mol. The molecular formula is C26H28N4O2S. The lowest BCUT2D eigenvalue weighted by Crippen LogP contribution is -2.15. The van der Waals surface area contributed by atoms with Gasteiger partial charge in [-0.3, -0.25) is 4.79 Å². The van der Waals surface area contributed by atoms with E-state index in [1.165, 1.54) is 22.5 Å². The highest BCUT2D eigenvalue weighted by atomic mass is 32.2. The number of carbonyl (C=O) groups is 1. The maximum absolute atomic E-state index is 12.5. The fraction of sp³-hybridized carbons (Fsp3) is 0.269. The number of anilines is 1. The van der Waals surface area contributed by atoms with Crippen molar-refractivity contribution in [2.24, 2.45) is 0 Å². The van der Waals surface area contributed by atoms with Gasteiger partial charge >= 0.3 is 0 Å². The number of nitrogens with one attached hydrogen (secondary N) is 1. The van der Waals surface area contributed by atoms with E-state index in [0.717, 1.165) is 34.0 Å². The van der Waals surface area contributed by atoms with Gasteiger partial charge in [0.15, 0.2) is 11.0 Å². The van der Waals surface area contributed by atoms with Crippen LogP contribution >= 0.6 is 11.8 Å². The van der Waals surface area contributed by atoms with Gasteiger partial charge in [0.2, 0.25) is 5.91 Å². The van der Waals surface area contributed by atoms with Crippen LogP contribution in [0.15, 0.2) is 59.8 Å². The normalized spacial score (nSPS) is 11.0. The number of thioether (sulfide) groups is 1. The van der Waals surface area contributed by atoms with Crippen LogP contribution in [-0.2, 0) is 17.9 Å². The van der Waals surface area contributed by atoms with Crippen molar-refractivity contribution in [3.8, 4) is 5.75 Å². The quantitative estimate of drug-likeness (QED) is 0.342. The third-order valence-electron chi connectivity index (χ3n) is 5.45. The highest BCUT2D eigenvalue weighted by Gasteiger charge is 2.15. The minimum Gasteiger partial charge on any atom is -0.485 e. The zero-order chi connectivity index (χ0) is 23.4. The molecule has 0 unspecified atom stereocenters. The Morgan fingerprint density at radius 1 is 1.03 bits per heavy atom. The molecule has 170 valence electrons. The van der Waals surface area contributed by atoms with Gasteiger partial charge in [0.25, 0.3) is 0 Å². The van der Waals surface area contributed by atoms with Gasteiger partial charge < -0.3 is 14.6 Å². The number of hydrogen-bond acceptors (Lipinski definition) is 5. The second-order valence-corrected chi connectivity index (χ2v) is 9.00. The highest BCUT2D eigenvalue weighted by molar-refractivity contribution is 7.99. The molecule has 0 aliphatic carbocycles. The van der Waals surface area contributed by atoms with Gasteiger partial charge in [0, 0.05) is 12.2 Å². The Morgan fingerprint density at radius 3 is 2.55 bits per heavy atom. The molecule has 4 rings (SSSR count). The Hall–Kier alpha value is -3.32. The molecule has 0 atom stereocenters. The van der Waals surface area contributed by atoms with Crippen molar-refractivity contribution < 1.29 is 9.53 Å². The lowest BCUT2D eigenvalue weighted by atomic mass is 10.0. The number of rotatable bonds is 8. The van der Waals surface area contributed by atoms with Crippen LogP contribution in [0.1, 0.15) is 29.4 Å². The van der Waals surface area contributed by atoms with Gasteiger partial charge in [-0.2, -0.15) is 0 Å². The van der Waals surface area contributed by atoms with Gasteiger partial charge in [0.05, 0.1) is 5.75 Å². The molecule has 0 saturated heterocycles. The smallest absolute Gasteiger partial charge is 0.234 e. The summed E-state index contributed by atoms with van der Waals surface area (Å²) in [6.07, 6.45) is 0. The summed E-state index contributed by atoms with van der Waals surface area (Å²) < 4.78 is 8.09. The molecule has 0 aliphatic rings. The number of fused-ring (bicyclic) bond motifs is 1. The number of hydrogen-bond donors (Lipinski definition) is 1. The molecule has 1 aromatic heterocycles. The van der Waals surface area contributed by atoms with Crippen LogP contribution < -0.4 is 10.1 Å². The predicted octanol–water partition coefficient (Wildman–Crippen LogP) is 5.69. The Labute approximate surface area is 198 Å². The highest BCUT2D eigenvalue weighted by Crippen LogP contribution is 2.28. The van der Waals surface area contributed by atoms with E-state index < -0.39 is 0 Å². The van der Waals surface area contributed by atoms with Gasteiger partial charge in [-0.1, -0.05) is 48.2 Å². The minimum absolute atomic E-state index is 0.0692. The van der Waals surface area contributed by atoms with Crippen molar-refractivity contribution in [2.45, 2.75) is 46.0 Å². The fourth-order valence-electron chi connectivity index (χ4n) is 3.93. The molecule has 0 spiro atoms. The van der Waals surface area contributed by atoms with E-state index in [1.54, 1.807) is 0 Å². The SMILES string of the molecule is CCn1c(COc2ccc3ccccc3c2C)nnc1SCC(=O)Nc1cc(C)cc(C)c1. The van der Waals surface area contributed by atoms with Crippen molar-refractivity contribution in [2.75, 3.05) is 11.1 Å². The fourth-order valence-corrected chi connectivity index (χ4v) is 4.75. The first kappa shape index (κ1) is 22.9. The first-order chi connectivity index (χ1) is 15.9. The first-order valence-electron chi connectivity index (χ1n) is 11.0. The van der Waals surface area contributed by atoms with Crippen molar-refractivity contribution in [3.05, 3.63) is 77.1 Å². The maximum atomic E-state index is 12.5. The number of amides is 1. The Balaban J connectivity index is 1.40. The second kappa shape index (κ2) is 10.1. The zero-order valence-corrected chi connectivity index (χ0v) is 20.2. The lowest BCUT2D eigenvalue weighted by Gasteiger charge is -2.12. The first-order valence-corrected chi connectivity index (χ1v) is 12.0. The van der Waals surface area contributed by atoms with E-state index in [9.17, 15) is 4.79 Å². The summed E-state index contributed by atoms with van der Waals surface area (Å²) >= 11 is 1.38. The molecule has 1 amide bonds. The predicted molar refractivity (Wildman–Crippen MR) is 134 cm³/mol.